The van der Waals surface area contributed by atoms with E-state index in [2.05, 4.69) is 0 Å². The lowest BCUT2D eigenvalue weighted by atomic mass is 9.99. The molecule has 0 aliphatic carbocycles. The lowest BCUT2D eigenvalue weighted by molar-refractivity contribution is 0.0903. The first kappa shape index (κ1) is 8.53. The van der Waals surface area contributed by atoms with Crippen molar-refractivity contribution < 1.29 is 9.47 Å². The van der Waals surface area contributed by atoms with Crippen molar-refractivity contribution in [1.29, 1.82) is 0 Å². The number of rotatable bonds is 1. The summed E-state index contributed by atoms with van der Waals surface area (Å²) in [4.78, 5) is 0. The van der Waals surface area contributed by atoms with E-state index in [0.29, 0.717) is 13.2 Å². The molecule has 0 amide bonds. The second kappa shape index (κ2) is 3.36. The van der Waals surface area contributed by atoms with Crippen molar-refractivity contribution in [2.45, 2.75) is 12.6 Å². The van der Waals surface area contributed by atoms with E-state index in [1.54, 1.807) is 7.11 Å². The van der Waals surface area contributed by atoms with Crippen molar-refractivity contribution in [1.82, 2.24) is 0 Å². The van der Waals surface area contributed by atoms with Crippen LogP contribution in [0.25, 0.3) is 0 Å². The van der Waals surface area contributed by atoms with Gasteiger partial charge in [0.15, 0.2) is 0 Å². The largest absolute Gasteiger partial charge is 0.496 e. The molecule has 0 aromatic heterocycles. The van der Waals surface area contributed by atoms with Gasteiger partial charge in [0.1, 0.15) is 5.75 Å². The third-order valence-corrected chi connectivity index (χ3v) is 2.33. The summed E-state index contributed by atoms with van der Waals surface area (Å²) in [5, 5.41) is 0. The molecule has 0 saturated heterocycles. The Hall–Kier alpha value is -1.06. The molecular formula is C10H13NO2. The first-order chi connectivity index (χ1) is 6.33. The first-order valence-electron chi connectivity index (χ1n) is 4.32. The number of fused-ring (bicyclic) bond motifs is 1. The molecule has 1 atom stereocenters. The summed E-state index contributed by atoms with van der Waals surface area (Å²) in [5.41, 5.74) is 8.12. The van der Waals surface area contributed by atoms with Gasteiger partial charge in [-0.2, -0.15) is 0 Å². The highest BCUT2D eigenvalue weighted by Gasteiger charge is 2.19. The maximum atomic E-state index is 5.89. The van der Waals surface area contributed by atoms with Gasteiger partial charge in [0, 0.05) is 5.56 Å². The molecule has 3 heteroatoms. The summed E-state index contributed by atoms with van der Waals surface area (Å²) in [7, 11) is 1.66. The summed E-state index contributed by atoms with van der Waals surface area (Å²) in [5.74, 6) is 0.868. The van der Waals surface area contributed by atoms with E-state index in [1.807, 2.05) is 18.2 Å². The van der Waals surface area contributed by atoms with Crippen LogP contribution in [-0.4, -0.2) is 13.7 Å². The van der Waals surface area contributed by atoms with E-state index in [9.17, 15) is 0 Å². The Morgan fingerprint density at radius 1 is 1.54 bits per heavy atom. The number of ether oxygens (including phenoxy) is 2. The zero-order chi connectivity index (χ0) is 9.26. The van der Waals surface area contributed by atoms with Gasteiger partial charge in [-0.3, -0.25) is 0 Å². The number of hydrogen-bond acceptors (Lipinski definition) is 3. The zero-order valence-corrected chi connectivity index (χ0v) is 7.62. The molecule has 2 rings (SSSR count). The van der Waals surface area contributed by atoms with Crippen LogP contribution in [0.1, 0.15) is 17.2 Å². The molecule has 0 spiro atoms. The van der Waals surface area contributed by atoms with Crippen molar-refractivity contribution in [2.75, 3.05) is 13.7 Å². The third-order valence-electron chi connectivity index (χ3n) is 2.33. The Morgan fingerprint density at radius 3 is 3.15 bits per heavy atom. The number of nitrogens with two attached hydrogens (primary N) is 1. The minimum atomic E-state index is -0.0150. The van der Waals surface area contributed by atoms with Gasteiger partial charge in [0.05, 0.1) is 26.4 Å². The van der Waals surface area contributed by atoms with Gasteiger partial charge in [-0.05, 0) is 11.6 Å². The molecule has 2 N–H and O–H groups in total. The molecule has 1 aromatic rings. The average Bonchev–Trinajstić information content (AvgIpc) is 2.18. The molecule has 1 heterocycles. The van der Waals surface area contributed by atoms with E-state index < -0.39 is 0 Å². The Morgan fingerprint density at radius 2 is 2.38 bits per heavy atom. The molecule has 0 bridgehead atoms. The monoisotopic (exact) mass is 179 g/mol. The Kier molecular flexibility index (Phi) is 2.20. The standard InChI is InChI=1S/C10H13NO2/c1-12-10-4-2-3-7-8(10)5-13-6-9(7)11/h2-4,9H,5-6,11H2,1H3/t9-/m0/s1. The Bertz CT molecular complexity index is 312. The topological polar surface area (TPSA) is 44.5 Å². The van der Waals surface area contributed by atoms with E-state index >= 15 is 0 Å². The number of hydrogen-bond donors (Lipinski definition) is 1. The highest BCUT2D eigenvalue weighted by Crippen LogP contribution is 2.30. The Labute approximate surface area is 77.5 Å². The van der Waals surface area contributed by atoms with Crippen molar-refractivity contribution in [3.63, 3.8) is 0 Å². The van der Waals surface area contributed by atoms with Gasteiger partial charge in [-0.1, -0.05) is 12.1 Å². The van der Waals surface area contributed by atoms with Crippen LogP contribution in [0.2, 0.25) is 0 Å². The lowest BCUT2D eigenvalue weighted by Gasteiger charge is -2.23. The highest BCUT2D eigenvalue weighted by atomic mass is 16.5. The third kappa shape index (κ3) is 1.41. The van der Waals surface area contributed by atoms with Crippen LogP contribution < -0.4 is 10.5 Å². The van der Waals surface area contributed by atoms with Crippen molar-refractivity contribution in [3.05, 3.63) is 29.3 Å². The quantitative estimate of drug-likeness (QED) is 0.705. The van der Waals surface area contributed by atoms with Crippen LogP contribution in [0.4, 0.5) is 0 Å². The molecular weight excluding hydrogens is 166 g/mol. The lowest BCUT2D eigenvalue weighted by Crippen LogP contribution is -2.23. The molecule has 3 nitrogen and oxygen atoms in total. The van der Waals surface area contributed by atoms with Crippen molar-refractivity contribution in [3.8, 4) is 5.75 Å². The second-order valence-corrected chi connectivity index (χ2v) is 3.15. The predicted molar refractivity (Wildman–Crippen MR) is 49.6 cm³/mol. The molecule has 1 aliphatic heterocycles. The normalized spacial score (nSPS) is 20.9. The number of methoxy groups -OCH3 is 1. The minimum Gasteiger partial charge on any atom is -0.496 e. The van der Waals surface area contributed by atoms with E-state index in [4.69, 9.17) is 15.2 Å². The summed E-state index contributed by atoms with van der Waals surface area (Å²) in [6, 6.07) is 5.91. The predicted octanol–water partition coefficient (Wildman–Crippen LogP) is 1.23. The van der Waals surface area contributed by atoms with Crippen LogP contribution in [0.3, 0.4) is 0 Å². The highest BCUT2D eigenvalue weighted by molar-refractivity contribution is 5.42. The molecule has 13 heavy (non-hydrogen) atoms. The molecule has 0 fully saturated rings. The van der Waals surface area contributed by atoms with Gasteiger partial charge in [0.2, 0.25) is 0 Å². The minimum absolute atomic E-state index is 0.0150. The average molecular weight is 179 g/mol. The molecule has 0 radical (unpaired) electrons. The molecule has 0 saturated carbocycles. The summed E-state index contributed by atoms with van der Waals surface area (Å²) in [6.45, 7) is 1.20. The van der Waals surface area contributed by atoms with Crippen LogP contribution in [0.15, 0.2) is 18.2 Å². The smallest absolute Gasteiger partial charge is 0.124 e. The van der Waals surface area contributed by atoms with Crippen LogP contribution >= 0.6 is 0 Å². The van der Waals surface area contributed by atoms with Gasteiger partial charge >= 0.3 is 0 Å². The first-order valence-corrected chi connectivity index (χ1v) is 4.32. The van der Waals surface area contributed by atoms with E-state index in [-0.39, 0.29) is 6.04 Å². The van der Waals surface area contributed by atoms with E-state index in [0.717, 1.165) is 16.9 Å². The van der Waals surface area contributed by atoms with Crippen molar-refractivity contribution >= 4 is 0 Å². The maximum absolute atomic E-state index is 5.89. The van der Waals surface area contributed by atoms with Crippen molar-refractivity contribution in [2.24, 2.45) is 5.73 Å². The summed E-state index contributed by atoms with van der Waals surface area (Å²) >= 11 is 0. The fourth-order valence-corrected chi connectivity index (χ4v) is 1.65. The Balaban J connectivity index is 2.48. The fraction of sp³-hybridized carbons (Fsp3) is 0.400. The van der Waals surface area contributed by atoms with Gasteiger partial charge < -0.3 is 15.2 Å². The summed E-state index contributed by atoms with van der Waals surface area (Å²) in [6.07, 6.45) is 0. The summed E-state index contributed by atoms with van der Waals surface area (Å²) < 4.78 is 10.6. The maximum Gasteiger partial charge on any atom is 0.124 e. The second-order valence-electron chi connectivity index (χ2n) is 3.15. The fourth-order valence-electron chi connectivity index (χ4n) is 1.65. The molecule has 1 aromatic carbocycles. The molecule has 70 valence electrons. The molecule has 1 aliphatic rings. The van der Waals surface area contributed by atoms with Crippen LogP contribution in [-0.2, 0) is 11.3 Å². The number of benzene rings is 1. The van der Waals surface area contributed by atoms with Gasteiger partial charge in [-0.15, -0.1) is 0 Å². The van der Waals surface area contributed by atoms with E-state index in [1.165, 1.54) is 0 Å². The van der Waals surface area contributed by atoms with Crippen LogP contribution in [0.5, 0.6) is 5.75 Å². The van der Waals surface area contributed by atoms with Gasteiger partial charge in [-0.25, -0.2) is 0 Å². The van der Waals surface area contributed by atoms with Crippen LogP contribution in [0, 0.1) is 0 Å². The SMILES string of the molecule is COc1cccc2c1COC[C@@H]2N. The molecule has 0 unspecified atom stereocenters. The van der Waals surface area contributed by atoms with Gasteiger partial charge in [0.25, 0.3) is 0 Å². The zero-order valence-electron chi connectivity index (χ0n) is 7.62.